The average Bonchev–Trinajstić information content (AvgIpc) is 3.83. The lowest BCUT2D eigenvalue weighted by atomic mass is 9.97. The molecule has 0 saturated heterocycles. The molecule has 2 aromatic heterocycles. The molecule has 0 unspecified atom stereocenters. The number of anilines is 3. The summed E-state index contributed by atoms with van der Waals surface area (Å²) in [5.74, 6) is 0. The highest BCUT2D eigenvalue weighted by molar-refractivity contribution is 6.10. The van der Waals surface area contributed by atoms with Gasteiger partial charge in [-0.05, 0) is 82.9 Å². The van der Waals surface area contributed by atoms with E-state index in [1.54, 1.807) is 0 Å². The van der Waals surface area contributed by atoms with Crippen LogP contribution in [0.4, 0.5) is 17.1 Å². The summed E-state index contributed by atoms with van der Waals surface area (Å²) in [6.45, 7) is 0. The van der Waals surface area contributed by atoms with Crippen molar-refractivity contribution in [1.29, 1.82) is 0 Å². The summed E-state index contributed by atoms with van der Waals surface area (Å²) in [5.41, 5.74) is 15.5. The standard InChI is InChI=1S/C54H36N2O/c1-2-15-38(16-3-1)43-19-4-9-24-49(43)55(42-33-34-48-47-23-8-13-28-53(47)57-54(48)36-42)41-31-29-37(30-32-41)39-17-14-18-40(35-39)44-20-5-10-25-50(44)56-51-26-11-6-21-45(51)46-22-7-12-27-52(46)56/h1-36H. The third-order valence-electron chi connectivity index (χ3n) is 11.2. The molecule has 268 valence electrons. The molecule has 0 aliphatic heterocycles. The van der Waals surface area contributed by atoms with Crippen molar-refractivity contribution in [1.82, 2.24) is 4.57 Å². The zero-order valence-corrected chi connectivity index (χ0v) is 31.1. The molecule has 11 rings (SSSR count). The topological polar surface area (TPSA) is 21.3 Å². The van der Waals surface area contributed by atoms with Crippen molar-refractivity contribution < 1.29 is 4.42 Å². The van der Waals surface area contributed by atoms with Crippen molar-refractivity contribution >= 4 is 60.8 Å². The Balaban J connectivity index is 1.01. The fourth-order valence-corrected chi connectivity index (χ4v) is 8.58. The van der Waals surface area contributed by atoms with Crippen molar-refractivity contribution in [2.24, 2.45) is 0 Å². The first-order valence-electron chi connectivity index (χ1n) is 19.4. The van der Waals surface area contributed by atoms with E-state index in [4.69, 9.17) is 4.42 Å². The van der Waals surface area contributed by atoms with Gasteiger partial charge in [0.15, 0.2) is 0 Å². The number of hydrogen-bond acceptors (Lipinski definition) is 2. The highest BCUT2D eigenvalue weighted by atomic mass is 16.3. The molecule has 0 bridgehead atoms. The summed E-state index contributed by atoms with van der Waals surface area (Å²) in [6.07, 6.45) is 0. The van der Waals surface area contributed by atoms with Gasteiger partial charge in [0.2, 0.25) is 0 Å². The van der Waals surface area contributed by atoms with Crippen LogP contribution in [0, 0.1) is 0 Å². The zero-order chi connectivity index (χ0) is 37.7. The lowest BCUT2D eigenvalue weighted by molar-refractivity contribution is 0.669. The van der Waals surface area contributed by atoms with E-state index in [-0.39, 0.29) is 0 Å². The van der Waals surface area contributed by atoms with Crippen molar-refractivity contribution in [2.75, 3.05) is 4.90 Å². The van der Waals surface area contributed by atoms with E-state index in [1.807, 2.05) is 12.1 Å². The van der Waals surface area contributed by atoms with E-state index < -0.39 is 0 Å². The largest absolute Gasteiger partial charge is 0.456 e. The summed E-state index contributed by atoms with van der Waals surface area (Å²) in [4.78, 5) is 2.34. The Morgan fingerprint density at radius 1 is 0.333 bits per heavy atom. The van der Waals surface area contributed by atoms with Crippen molar-refractivity contribution in [3.8, 4) is 39.1 Å². The fraction of sp³-hybridized carbons (Fsp3) is 0. The maximum atomic E-state index is 6.40. The molecule has 2 heterocycles. The first kappa shape index (κ1) is 32.8. The molecular weight excluding hydrogens is 693 g/mol. The minimum atomic E-state index is 0.866. The highest BCUT2D eigenvalue weighted by Gasteiger charge is 2.20. The Labute approximate surface area is 330 Å². The summed E-state index contributed by atoms with van der Waals surface area (Å²) < 4.78 is 8.81. The van der Waals surface area contributed by atoms with E-state index in [0.717, 1.165) is 66.9 Å². The van der Waals surface area contributed by atoms with E-state index >= 15 is 0 Å². The first-order chi connectivity index (χ1) is 28.3. The fourth-order valence-electron chi connectivity index (χ4n) is 8.58. The predicted octanol–water partition coefficient (Wildman–Crippen LogP) is 15.2. The Bertz CT molecular complexity index is 3190. The third-order valence-corrected chi connectivity index (χ3v) is 11.2. The minimum Gasteiger partial charge on any atom is -0.456 e. The van der Waals surface area contributed by atoms with Gasteiger partial charge in [-0.1, -0.05) is 152 Å². The molecule has 57 heavy (non-hydrogen) atoms. The van der Waals surface area contributed by atoms with Crippen LogP contribution in [0.15, 0.2) is 223 Å². The first-order valence-corrected chi connectivity index (χ1v) is 19.4. The normalized spacial score (nSPS) is 11.5. The number of benzene rings is 9. The van der Waals surface area contributed by atoms with Gasteiger partial charge in [-0.2, -0.15) is 0 Å². The maximum Gasteiger partial charge on any atom is 0.137 e. The smallest absolute Gasteiger partial charge is 0.137 e. The van der Waals surface area contributed by atoms with Gasteiger partial charge in [0.1, 0.15) is 11.2 Å². The summed E-state index contributed by atoms with van der Waals surface area (Å²) >= 11 is 0. The molecule has 0 aliphatic rings. The lowest BCUT2D eigenvalue weighted by Gasteiger charge is -2.28. The van der Waals surface area contributed by atoms with Crippen molar-refractivity contribution in [3.63, 3.8) is 0 Å². The Kier molecular flexibility index (Phi) is 7.82. The van der Waals surface area contributed by atoms with Crippen LogP contribution < -0.4 is 4.90 Å². The third kappa shape index (κ3) is 5.60. The van der Waals surface area contributed by atoms with E-state index in [0.29, 0.717) is 0 Å². The Morgan fingerprint density at radius 3 is 1.70 bits per heavy atom. The average molecular weight is 729 g/mol. The Morgan fingerprint density at radius 2 is 0.912 bits per heavy atom. The molecule has 9 aromatic carbocycles. The molecular formula is C54H36N2O. The van der Waals surface area contributed by atoms with Gasteiger partial charge in [-0.25, -0.2) is 0 Å². The minimum absolute atomic E-state index is 0.866. The van der Waals surface area contributed by atoms with Gasteiger partial charge in [0.25, 0.3) is 0 Å². The molecule has 3 heteroatoms. The molecule has 3 nitrogen and oxygen atoms in total. The van der Waals surface area contributed by atoms with Gasteiger partial charge in [0, 0.05) is 50.1 Å². The molecule has 0 amide bonds. The maximum absolute atomic E-state index is 6.40. The summed E-state index contributed by atoms with van der Waals surface area (Å²) in [7, 11) is 0. The van der Waals surface area contributed by atoms with E-state index in [1.165, 1.54) is 32.9 Å². The Hall–Kier alpha value is -7.62. The van der Waals surface area contributed by atoms with Crippen molar-refractivity contribution in [3.05, 3.63) is 218 Å². The second-order valence-electron chi connectivity index (χ2n) is 14.5. The van der Waals surface area contributed by atoms with E-state index in [2.05, 4.69) is 216 Å². The number of aromatic nitrogens is 1. The van der Waals surface area contributed by atoms with Gasteiger partial charge >= 0.3 is 0 Å². The molecule has 0 radical (unpaired) electrons. The molecule has 0 spiro atoms. The van der Waals surface area contributed by atoms with Crippen LogP contribution in [0.1, 0.15) is 0 Å². The predicted molar refractivity (Wildman–Crippen MR) is 239 cm³/mol. The number of fused-ring (bicyclic) bond motifs is 6. The van der Waals surface area contributed by atoms with Crippen LogP contribution in [-0.4, -0.2) is 4.57 Å². The van der Waals surface area contributed by atoms with Crippen LogP contribution >= 0.6 is 0 Å². The van der Waals surface area contributed by atoms with Crippen LogP contribution in [0.2, 0.25) is 0 Å². The van der Waals surface area contributed by atoms with E-state index in [9.17, 15) is 0 Å². The number of para-hydroxylation sites is 5. The lowest BCUT2D eigenvalue weighted by Crippen LogP contribution is -2.11. The SMILES string of the molecule is c1ccc(-c2ccccc2N(c2ccc(-c3cccc(-c4ccccc4-n4c5ccccc5c5ccccc54)c3)cc2)c2ccc3c(c2)oc2ccccc23)cc1. The molecule has 0 fully saturated rings. The van der Waals surface area contributed by atoms with Gasteiger partial charge in [-0.3, -0.25) is 0 Å². The van der Waals surface area contributed by atoms with Crippen LogP contribution in [0.3, 0.4) is 0 Å². The van der Waals surface area contributed by atoms with Crippen molar-refractivity contribution in [2.45, 2.75) is 0 Å². The molecule has 11 aromatic rings. The van der Waals surface area contributed by atoms with Gasteiger partial charge in [0.05, 0.1) is 22.4 Å². The quantitative estimate of drug-likeness (QED) is 0.163. The molecule has 0 saturated carbocycles. The van der Waals surface area contributed by atoms with Gasteiger partial charge in [-0.15, -0.1) is 0 Å². The summed E-state index contributed by atoms with van der Waals surface area (Å²) in [5, 5.41) is 4.75. The number of nitrogens with zero attached hydrogens (tertiary/aromatic N) is 2. The van der Waals surface area contributed by atoms with Crippen LogP contribution in [-0.2, 0) is 0 Å². The van der Waals surface area contributed by atoms with Crippen LogP contribution in [0.5, 0.6) is 0 Å². The zero-order valence-electron chi connectivity index (χ0n) is 31.1. The number of furan rings is 1. The van der Waals surface area contributed by atoms with Gasteiger partial charge < -0.3 is 13.9 Å². The molecule has 0 aliphatic carbocycles. The highest BCUT2D eigenvalue weighted by Crippen LogP contribution is 2.43. The molecule has 0 N–H and O–H groups in total. The number of rotatable bonds is 7. The second kappa shape index (κ2) is 13.6. The molecule has 0 atom stereocenters. The monoisotopic (exact) mass is 728 g/mol. The second-order valence-corrected chi connectivity index (χ2v) is 14.5. The van der Waals surface area contributed by atoms with Crippen LogP contribution in [0.25, 0.3) is 82.8 Å². The summed E-state index contributed by atoms with van der Waals surface area (Å²) in [6, 6.07) is 78.1. The number of hydrogen-bond donors (Lipinski definition) is 0.